The number of likely N-dealkylation sites (N-methyl/N-ethyl adjacent to an activating group) is 1. The molecule has 3 heteroatoms. The predicted octanol–water partition coefficient (Wildman–Crippen LogP) is 1.88. The number of alkyl halides is 1. The molecule has 12 heavy (non-hydrogen) atoms. The van der Waals surface area contributed by atoms with Crippen LogP contribution in [0.15, 0.2) is 0 Å². The summed E-state index contributed by atoms with van der Waals surface area (Å²) >= 11 is 3.46. The van der Waals surface area contributed by atoms with E-state index in [2.05, 4.69) is 27.8 Å². The summed E-state index contributed by atoms with van der Waals surface area (Å²) in [4.78, 5) is 2.52. The van der Waals surface area contributed by atoms with Gasteiger partial charge in [-0.25, -0.2) is 0 Å². The molecule has 0 aromatic rings. The Morgan fingerprint density at radius 1 is 1.58 bits per heavy atom. The highest BCUT2D eigenvalue weighted by atomic mass is 79.9. The maximum Gasteiger partial charge on any atom is 0.0622 e. The molecule has 1 saturated heterocycles. The molecular formula is C9H18BrNO. The van der Waals surface area contributed by atoms with E-state index in [9.17, 15) is 0 Å². The van der Waals surface area contributed by atoms with Crippen LogP contribution in [0.5, 0.6) is 0 Å². The van der Waals surface area contributed by atoms with Gasteiger partial charge in [0.15, 0.2) is 0 Å². The highest BCUT2D eigenvalue weighted by Crippen LogP contribution is 2.12. The van der Waals surface area contributed by atoms with Crippen molar-refractivity contribution in [1.82, 2.24) is 4.90 Å². The molecule has 0 aromatic carbocycles. The van der Waals surface area contributed by atoms with Gasteiger partial charge >= 0.3 is 0 Å². The fourth-order valence-electron chi connectivity index (χ4n) is 1.67. The number of ether oxygens (including phenoxy) is 1. The van der Waals surface area contributed by atoms with E-state index in [1.807, 2.05) is 0 Å². The molecular weight excluding hydrogens is 218 g/mol. The Morgan fingerprint density at radius 2 is 2.42 bits per heavy atom. The number of rotatable bonds is 5. The van der Waals surface area contributed by atoms with E-state index < -0.39 is 0 Å². The number of halogens is 1. The molecule has 1 aliphatic rings. The average Bonchev–Trinajstić information content (AvgIpc) is 2.59. The minimum Gasteiger partial charge on any atom is -0.380 e. The molecule has 0 spiro atoms. The fraction of sp³-hybridized carbons (Fsp3) is 1.00. The Labute approximate surface area is 83.4 Å². The van der Waals surface area contributed by atoms with E-state index in [1.165, 1.54) is 19.4 Å². The lowest BCUT2D eigenvalue weighted by atomic mass is 10.2. The molecule has 0 amide bonds. The molecule has 0 bridgehead atoms. The number of hydrogen-bond donors (Lipinski definition) is 0. The van der Waals surface area contributed by atoms with Crippen molar-refractivity contribution >= 4 is 15.9 Å². The van der Waals surface area contributed by atoms with Crippen LogP contribution in [0.2, 0.25) is 0 Å². The van der Waals surface area contributed by atoms with E-state index in [4.69, 9.17) is 4.74 Å². The third-order valence-corrected chi connectivity index (χ3v) is 2.97. The summed E-state index contributed by atoms with van der Waals surface area (Å²) in [6.07, 6.45) is 2.46. The first-order chi connectivity index (χ1) is 5.88. The van der Waals surface area contributed by atoms with E-state index in [1.54, 1.807) is 0 Å². The van der Waals surface area contributed by atoms with Crippen LogP contribution in [-0.2, 0) is 4.74 Å². The number of hydrogen-bond acceptors (Lipinski definition) is 2. The topological polar surface area (TPSA) is 12.5 Å². The second-order valence-corrected chi connectivity index (χ2v) is 3.98. The smallest absolute Gasteiger partial charge is 0.0622 e. The fourth-order valence-corrected chi connectivity index (χ4v) is 1.92. The van der Waals surface area contributed by atoms with Crippen LogP contribution < -0.4 is 0 Å². The Morgan fingerprint density at radius 3 is 2.92 bits per heavy atom. The summed E-state index contributed by atoms with van der Waals surface area (Å²) in [5.41, 5.74) is 0. The zero-order valence-electron chi connectivity index (χ0n) is 7.76. The lowest BCUT2D eigenvalue weighted by Crippen LogP contribution is -2.36. The van der Waals surface area contributed by atoms with Crippen molar-refractivity contribution in [3.05, 3.63) is 0 Å². The van der Waals surface area contributed by atoms with Gasteiger partial charge in [0, 0.05) is 18.0 Å². The quantitative estimate of drug-likeness (QED) is 0.676. The van der Waals surface area contributed by atoms with Crippen molar-refractivity contribution in [2.24, 2.45) is 0 Å². The third kappa shape index (κ3) is 3.04. The molecule has 2 nitrogen and oxygen atoms in total. The SMILES string of the molecule is CCN(CCCBr)C1CCOC1. The lowest BCUT2D eigenvalue weighted by molar-refractivity contribution is 0.147. The summed E-state index contributed by atoms with van der Waals surface area (Å²) in [6.45, 7) is 6.48. The predicted molar refractivity (Wildman–Crippen MR) is 54.9 cm³/mol. The Kier molecular flexibility index (Phi) is 5.19. The van der Waals surface area contributed by atoms with Gasteiger partial charge in [-0.1, -0.05) is 22.9 Å². The summed E-state index contributed by atoms with van der Waals surface area (Å²) in [7, 11) is 0. The van der Waals surface area contributed by atoms with Gasteiger partial charge < -0.3 is 4.74 Å². The molecule has 1 rings (SSSR count). The first-order valence-corrected chi connectivity index (χ1v) is 5.88. The average molecular weight is 236 g/mol. The number of nitrogens with zero attached hydrogens (tertiary/aromatic N) is 1. The Hall–Kier alpha value is 0.400. The highest BCUT2D eigenvalue weighted by molar-refractivity contribution is 9.09. The van der Waals surface area contributed by atoms with Crippen LogP contribution in [0.25, 0.3) is 0 Å². The summed E-state index contributed by atoms with van der Waals surface area (Å²) in [5, 5.41) is 1.11. The van der Waals surface area contributed by atoms with Gasteiger partial charge in [0.2, 0.25) is 0 Å². The molecule has 72 valence electrons. The molecule has 1 unspecified atom stereocenters. The maximum atomic E-state index is 5.37. The molecule has 0 aromatic heterocycles. The van der Waals surface area contributed by atoms with Gasteiger partial charge in [-0.15, -0.1) is 0 Å². The van der Waals surface area contributed by atoms with Crippen LogP contribution in [0, 0.1) is 0 Å². The standard InChI is InChI=1S/C9H18BrNO/c1-2-11(6-3-5-10)9-4-7-12-8-9/h9H,2-8H2,1H3. The van der Waals surface area contributed by atoms with Gasteiger partial charge in [-0.3, -0.25) is 4.90 Å². The van der Waals surface area contributed by atoms with Gasteiger partial charge in [-0.05, 0) is 25.9 Å². The van der Waals surface area contributed by atoms with Crippen molar-refractivity contribution in [1.29, 1.82) is 0 Å². The molecule has 0 aliphatic carbocycles. The van der Waals surface area contributed by atoms with E-state index in [-0.39, 0.29) is 0 Å². The first-order valence-electron chi connectivity index (χ1n) is 4.76. The lowest BCUT2D eigenvalue weighted by Gasteiger charge is -2.25. The van der Waals surface area contributed by atoms with Crippen molar-refractivity contribution in [3.63, 3.8) is 0 Å². The molecule has 1 fully saturated rings. The monoisotopic (exact) mass is 235 g/mol. The molecule has 1 heterocycles. The van der Waals surface area contributed by atoms with Crippen LogP contribution in [0.1, 0.15) is 19.8 Å². The largest absolute Gasteiger partial charge is 0.380 e. The molecule has 0 radical (unpaired) electrons. The van der Waals surface area contributed by atoms with Crippen LogP contribution >= 0.6 is 15.9 Å². The van der Waals surface area contributed by atoms with Gasteiger partial charge in [-0.2, -0.15) is 0 Å². The van der Waals surface area contributed by atoms with Gasteiger partial charge in [0.25, 0.3) is 0 Å². The van der Waals surface area contributed by atoms with Crippen molar-refractivity contribution < 1.29 is 4.74 Å². The van der Waals surface area contributed by atoms with Crippen molar-refractivity contribution in [2.45, 2.75) is 25.8 Å². The zero-order chi connectivity index (χ0) is 8.81. The Balaban J connectivity index is 2.22. The molecule has 1 atom stereocenters. The Bertz CT molecular complexity index is 115. The molecule has 0 saturated carbocycles. The van der Waals surface area contributed by atoms with Gasteiger partial charge in [0.05, 0.1) is 6.61 Å². The zero-order valence-corrected chi connectivity index (χ0v) is 9.35. The van der Waals surface area contributed by atoms with E-state index >= 15 is 0 Å². The van der Waals surface area contributed by atoms with Crippen LogP contribution in [0.3, 0.4) is 0 Å². The van der Waals surface area contributed by atoms with Crippen molar-refractivity contribution in [2.75, 3.05) is 31.6 Å². The van der Waals surface area contributed by atoms with Gasteiger partial charge in [0.1, 0.15) is 0 Å². The summed E-state index contributed by atoms with van der Waals surface area (Å²) in [6, 6.07) is 0.689. The van der Waals surface area contributed by atoms with E-state index in [0.29, 0.717) is 6.04 Å². The summed E-state index contributed by atoms with van der Waals surface area (Å²) < 4.78 is 5.37. The molecule has 0 N–H and O–H groups in total. The van der Waals surface area contributed by atoms with Crippen LogP contribution in [0.4, 0.5) is 0 Å². The normalized spacial score (nSPS) is 23.8. The maximum absolute atomic E-state index is 5.37. The second-order valence-electron chi connectivity index (χ2n) is 3.19. The third-order valence-electron chi connectivity index (χ3n) is 2.41. The highest BCUT2D eigenvalue weighted by Gasteiger charge is 2.20. The van der Waals surface area contributed by atoms with Crippen LogP contribution in [-0.4, -0.2) is 42.6 Å². The van der Waals surface area contributed by atoms with Crippen molar-refractivity contribution in [3.8, 4) is 0 Å². The van der Waals surface area contributed by atoms with E-state index in [0.717, 1.165) is 25.1 Å². The molecule has 1 aliphatic heterocycles. The first kappa shape index (κ1) is 10.5. The second kappa shape index (κ2) is 5.95. The minimum atomic E-state index is 0.689. The minimum absolute atomic E-state index is 0.689. The summed E-state index contributed by atoms with van der Waals surface area (Å²) in [5.74, 6) is 0.